The number of carbonyl (C=O) groups excluding carboxylic acids is 2. The van der Waals surface area contributed by atoms with Crippen molar-refractivity contribution in [2.45, 2.75) is 70.1 Å². The molecule has 0 N–H and O–H groups in total. The first-order valence-corrected chi connectivity index (χ1v) is 13.2. The molecule has 3 rings (SSSR count). The van der Waals surface area contributed by atoms with Crippen molar-refractivity contribution in [1.82, 2.24) is 0 Å². The van der Waals surface area contributed by atoms with Gasteiger partial charge < -0.3 is 18.9 Å². The topological polar surface area (TPSA) is 71.1 Å². The summed E-state index contributed by atoms with van der Waals surface area (Å²) < 4.78 is 107. The van der Waals surface area contributed by atoms with Crippen LogP contribution >= 0.6 is 0 Å². The number of benzene rings is 2. The first-order chi connectivity index (χ1) is 19.4. The summed E-state index contributed by atoms with van der Waals surface area (Å²) in [5, 5.41) is 0. The van der Waals surface area contributed by atoms with Gasteiger partial charge in [-0.25, -0.2) is 9.59 Å². The van der Waals surface area contributed by atoms with Crippen molar-refractivity contribution in [1.29, 1.82) is 0 Å². The Morgan fingerprint density at radius 1 is 0.585 bits per heavy atom. The lowest BCUT2D eigenvalue weighted by Crippen LogP contribution is -2.50. The van der Waals surface area contributed by atoms with E-state index in [0.717, 1.165) is 74.2 Å². The average molecular weight is 589 g/mol. The Morgan fingerprint density at radius 2 is 0.927 bits per heavy atom. The molecule has 224 valence electrons. The third-order valence-electron chi connectivity index (χ3n) is 6.15. The van der Waals surface area contributed by atoms with Crippen LogP contribution in [0.25, 0.3) is 0 Å². The number of halogens is 6. The van der Waals surface area contributed by atoms with E-state index in [1.165, 1.54) is 0 Å². The van der Waals surface area contributed by atoms with Gasteiger partial charge in [0.15, 0.2) is 0 Å². The lowest BCUT2D eigenvalue weighted by atomic mass is 10.1. The quantitative estimate of drug-likeness (QED) is 0.127. The molecule has 0 aromatic heterocycles. The molecular formula is C29H30F6O6. The molecule has 0 heterocycles. The molecule has 1 aliphatic rings. The number of ether oxygens (including phenoxy) is 4. The van der Waals surface area contributed by atoms with Crippen molar-refractivity contribution < 1.29 is 54.9 Å². The van der Waals surface area contributed by atoms with E-state index in [9.17, 15) is 35.9 Å². The van der Waals surface area contributed by atoms with Crippen molar-refractivity contribution in [3.05, 3.63) is 71.2 Å². The maximum Gasteiger partial charge on any atom is 0.387 e. The van der Waals surface area contributed by atoms with Gasteiger partial charge in [0.1, 0.15) is 11.5 Å². The number of hydrogen-bond donors (Lipinski definition) is 0. The second-order valence-electron chi connectivity index (χ2n) is 9.32. The minimum Gasteiger partial charge on any atom is -0.462 e. The molecule has 0 aliphatic heterocycles. The molecule has 6 nitrogen and oxygen atoms in total. The number of alkyl halides is 6. The molecule has 0 amide bonds. The van der Waals surface area contributed by atoms with Gasteiger partial charge in [-0.3, -0.25) is 0 Å². The first kappa shape index (κ1) is 31.8. The van der Waals surface area contributed by atoms with Gasteiger partial charge in [-0.15, -0.1) is 0 Å². The highest BCUT2D eigenvalue weighted by molar-refractivity contribution is 5.90. The predicted molar refractivity (Wildman–Crippen MR) is 136 cm³/mol. The highest BCUT2D eigenvalue weighted by Gasteiger charge is 2.83. The third kappa shape index (κ3) is 6.97. The van der Waals surface area contributed by atoms with Gasteiger partial charge in [0, 0.05) is 0 Å². The molecule has 0 saturated heterocycles. The van der Waals surface area contributed by atoms with Crippen LogP contribution in [-0.4, -0.2) is 42.9 Å². The summed E-state index contributed by atoms with van der Waals surface area (Å²) in [6.07, 6.45) is 4.80. The fourth-order valence-electron chi connectivity index (χ4n) is 3.74. The van der Waals surface area contributed by atoms with Crippen molar-refractivity contribution >= 4 is 11.9 Å². The van der Waals surface area contributed by atoms with Crippen LogP contribution in [0, 0.1) is 0 Å². The second-order valence-corrected chi connectivity index (χ2v) is 9.32. The van der Waals surface area contributed by atoms with Gasteiger partial charge in [-0.05, 0) is 61.4 Å². The van der Waals surface area contributed by atoms with Gasteiger partial charge in [0.2, 0.25) is 11.5 Å². The molecule has 0 spiro atoms. The first-order valence-electron chi connectivity index (χ1n) is 13.2. The third-order valence-corrected chi connectivity index (χ3v) is 6.15. The van der Waals surface area contributed by atoms with Crippen molar-refractivity contribution in [3.8, 4) is 11.5 Å². The fourth-order valence-corrected chi connectivity index (χ4v) is 3.74. The Bertz CT molecular complexity index is 1130. The highest BCUT2D eigenvalue weighted by atomic mass is 19.3. The molecule has 0 unspecified atom stereocenters. The molecule has 0 saturated carbocycles. The Labute approximate surface area is 233 Å². The number of hydrogen-bond acceptors (Lipinski definition) is 6. The van der Waals surface area contributed by atoms with Crippen LogP contribution in [0.15, 0.2) is 60.0 Å². The molecule has 2 aromatic carbocycles. The molecule has 0 bridgehead atoms. The molecule has 2 aromatic rings. The summed E-state index contributed by atoms with van der Waals surface area (Å²) in [4.78, 5) is 24.2. The molecule has 0 fully saturated rings. The van der Waals surface area contributed by atoms with E-state index in [2.05, 4.69) is 0 Å². The van der Waals surface area contributed by atoms with Gasteiger partial charge in [0.05, 0.1) is 24.3 Å². The van der Waals surface area contributed by atoms with Crippen LogP contribution in [0.4, 0.5) is 26.3 Å². The average Bonchev–Trinajstić information content (AvgIpc) is 3.04. The van der Waals surface area contributed by atoms with Gasteiger partial charge in [0.25, 0.3) is 0 Å². The Balaban J connectivity index is 1.81. The zero-order valence-electron chi connectivity index (χ0n) is 22.5. The minimum absolute atomic E-state index is 0.0112. The van der Waals surface area contributed by atoms with E-state index in [1.807, 2.05) is 13.8 Å². The molecule has 0 radical (unpaired) electrons. The zero-order chi connectivity index (χ0) is 30.3. The van der Waals surface area contributed by atoms with Gasteiger partial charge in [-0.1, -0.05) is 39.5 Å². The zero-order valence-corrected chi connectivity index (χ0v) is 22.5. The lowest BCUT2D eigenvalue weighted by molar-refractivity contribution is -0.273. The summed E-state index contributed by atoms with van der Waals surface area (Å²) in [5.74, 6) is -23.5. The van der Waals surface area contributed by atoms with Crippen LogP contribution in [0.5, 0.6) is 11.5 Å². The number of carbonyl (C=O) groups is 2. The van der Waals surface area contributed by atoms with Crippen molar-refractivity contribution in [2.24, 2.45) is 0 Å². The highest BCUT2D eigenvalue weighted by Crippen LogP contribution is 2.59. The van der Waals surface area contributed by atoms with Crippen LogP contribution < -0.4 is 9.47 Å². The van der Waals surface area contributed by atoms with Crippen LogP contribution in [0.3, 0.4) is 0 Å². The molecular weight excluding hydrogens is 558 g/mol. The maximum absolute atomic E-state index is 14.6. The fraction of sp³-hybridized carbons (Fsp3) is 0.448. The largest absolute Gasteiger partial charge is 0.462 e. The summed E-state index contributed by atoms with van der Waals surface area (Å²) in [7, 11) is 0. The van der Waals surface area contributed by atoms with Crippen molar-refractivity contribution in [3.63, 3.8) is 0 Å². The molecule has 1 aliphatic carbocycles. The summed E-state index contributed by atoms with van der Waals surface area (Å²) in [5.41, 5.74) is 0.0225. The lowest BCUT2D eigenvalue weighted by Gasteiger charge is -2.24. The SMILES string of the molecule is CCCCCOC(=O)c1ccc(OC2=C(Oc3ccc(C(=O)OCCCCC)cc3)C(F)(F)C(F)(F)C2(F)F)cc1. The number of esters is 2. The van der Waals surface area contributed by atoms with E-state index < -0.39 is 52.7 Å². The van der Waals surface area contributed by atoms with E-state index >= 15 is 0 Å². The number of unbranched alkanes of at least 4 members (excludes halogenated alkanes) is 4. The summed E-state index contributed by atoms with van der Waals surface area (Å²) >= 11 is 0. The van der Waals surface area contributed by atoms with Crippen LogP contribution in [0.1, 0.15) is 73.1 Å². The van der Waals surface area contributed by atoms with Crippen LogP contribution in [-0.2, 0) is 9.47 Å². The number of allylic oxidation sites excluding steroid dienone is 2. The predicted octanol–water partition coefficient (Wildman–Crippen LogP) is 7.97. The van der Waals surface area contributed by atoms with Gasteiger partial charge in [-0.2, -0.15) is 26.3 Å². The number of rotatable bonds is 14. The van der Waals surface area contributed by atoms with Gasteiger partial charge >= 0.3 is 29.7 Å². The Kier molecular flexibility index (Phi) is 10.3. The van der Waals surface area contributed by atoms with E-state index in [4.69, 9.17) is 18.9 Å². The molecule has 0 atom stereocenters. The smallest absolute Gasteiger partial charge is 0.387 e. The normalized spacial score (nSPS) is 16.8. The Hall–Kier alpha value is -3.70. The Morgan fingerprint density at radius 3 is 1.24 bits per heavy atom. The van der Waals surface area contributed by atoms with Crippen LogP contribution in [0.2, 0.25) is 0 Å². The maximum atomic E-state index is 14.6. The van der Waals surface area contributed by atoms with E-state index in [0.29, 0.717) is 12.8 Å². The minimum atomic E-state index is -5.88. The summed E-state index contributed by atoms with van der Waals surface area (Å²) in [6.45, 7) is 4.26. The standard InChI is InChI=1S/C29H30F6O6/c1-3-5-7-17-38-25(36)19-9-13-21(14-10-19)40-23-24(28(32,33)29(34,35)27(23,30)31)41-22-15-11-20(12-16-22)26(37)39-18-8-6-4-2/h9-16H,3-8,17-18H2,1-2H3. The van der Waals surface area contributed by atoms with E-state index in [-0.39, 0.29) is 24.3 Å². The monoisotopic (exact) mass is 588 g/mol. The molecule has 12 heteroatoms. The summed E-state index contributed by atoms with van der Waals surface area (Å²) in [6, 6.07) is 8.34. The van der Waals surface area contributed by atoms with Crippen molar-refractivity contribution in [2.75, 3.05) is 13.2 Å². The van der Waals surface area contributed by atoms with E-state index in [1.54, 1.807) is 0 Å². The second kappa shape index (κ2) is 13.3. The molecule has 41 heavy (non-hydrogen) atoms.